The number of hydrogen-bond acceptors (Lipinski definition) is 9. The van der Waals surface area contributed by atoms with Crippen LogP contribution in [-0.2, 0) is 20.8 Å². The number of aliphatic hydroxyl groups is 2. The maximum atomic E-state index is 13.1. The summed E-state index contributed by atoms with van der Waals surface area (Å²) in [5.74, 6) is -1.95. The molecule has 0 radical (unpaired) electrons. The van der Waals surface area contributed by atoms with Gasteiger partial charge in [0.25, 0.3) is 5.91 Å². The highest BCUT2D eigenvalue weighted by Crippen LogP contribution is 2.42. The summed E-state index contributed by atoms with van der Waals surface area (Å²) in [6, 6.07) is 19.3. The van der Waals surface area contributed by atoms with Gasteiger partial charge in [-0.1, -0.05) is 43.3 Å². The predicted molar refractivity (Wildman–Crippen MR) is 155 cm³/mol. The van der Waals surface area contributed by atoms with Crippen molar-refractivity contribution in [3.05, 3.63) is 100 Å². The second-order valence-corrected chi connectivity index (χ2v) is 11.3. The van der Waals surface area contributed by atoms with Gasteiger partial charge in [0, 0.05) is 35.3 Å². The Morgan fingerprint density at radius 2 is 1.74 bits per heavy atom. The van der Waals surface area contributed by atoms with Crippen molar-refractivity contribution in [2.45, 2.75) is 50.9 Å². The standard InChI is InChI=1S/C33H34N2O8/c1-19-28(16-35-13-3-6-25(35)18-37)41-33(42-29(19)21-9-7-20(17-36)8-10-21)23-4-2-5-24(14-23)34-30(38)22-11-12-26-27(15-22)32(40)43-31(26)39/h2,4-5,7-12,14-15,19,25,28-29,33,36-37H,3,6,13,16-18H2,1H3,(H,34,38)/t19-,25-,28+,29+,33?/m0/s1. The number of benzene rings is 3. The van der Waals surface area contributed by atoms with Crippen LogP contribution >= 0.6 is 0 Å². The monoisotopic (exact) mass is 586 g/mol. The van der Waals surface area contributed by atoms with Gasteiger partial charge >= 0.3 is 11.9 Å². The number of ether oxygens (including phenoxy) is 3. The van der Waals surface area contributed by atoms with Crippen LogP contribution in [0.1, 0.15) is 79.9 Å². The highest BCUT2D eigenvalue weighted by molar-refractivity contribution is 6.16. The van der Waals surface area contributed by atoms with Crippen molar-refractivity contribution in [2.75, 3.05) is 25.0 Å². The van der Waals surface area contributed by atoms with Crippen LogP contribution < -0.4 is 5.32 Å². The van der Waals surface area contributed by atoms with Gasteiger partial charge < -0.3 is 29.7 Å². The van der Waals surface area contributed by atoms with Crippen molar-refractivity contribution < 1.29 is 38.8 Å². The number of amides is 1. The van der Waals surface area contributed by atoms with Gasteiger partial charge in [-0.15, -0.1) is 0 Å². The number of fused-ring (bicyclic) bond motifs is 1. The van der Waals surface area contributed by atoms with Crippen molar-refractivity contribution in [3.8, 4) is 0 Å². The molecule has 6 rings (SSSR count). The third-order valence-electron chi connectivity index (χ3n) is 8.57. The average Bonchev–Trinajstić information content (AvgIpc) is 3.60. The molecule has 2 fully saturated rings. The zero-order valence-corrected chi connectivity index (χ0v) is 23.8. The number of aliphatic hydroxyl groups excluding tert-OH is 2. The van der Waals surface area contributed by atoms with Gasteiger partial charge in [0.05, 0.1) is 36.5 Å². The van der Waals surface area contributed by atoms with E-state index in [1.165, 1.54) is 18.2 Å². The first-order valence-electron chi connectivity index (χ1n) is 14.5. The van der Waals surface area contributed by atoms with Crippen LogP contribution in [0, 0.1) is 5.92 Å². The van der Waals surface area contributed by atoms with Gasteiger partial charge in [0.15, 0.2) is 6.29 Å². The van der Waals surface area contributed by atoms with E-state index >= 15 is 0 Å². The van der Waals surface area contributed by atoms with Crippen molar-refractivity contribution >= 4 is 23.5 Å². The lowest BCUT2D eigenvalue weighted by Crippen LogP contribution is -2.46. The van der Waals surface area contributed by atoms with Crippen molar-refractivity contribution in [2.24, 2.45) is 5.92 Å². The fourth-order valence-corrected chi connectivity index (χ4v) is 6.09. The van der Waals surface area contributed by atoms with Crippen molar-refractivity contribution in [1.29, 1.82) is 0 Å². The van der Waals surface area contributed by atoms with Crippen LogP contribution in [0.2, 0.25) is 0 Å². The molecule has 3 aromatic carbocycles. The van der Waals surface area contributed by atoms with Crippen molar-refractivity contribution in [1.82, 2.24) is 4.90 Å². The molecule has 3 aromatic rings. The molecular weight excluding hydrogens is 552 g/mol. The summed E-state index contributed by atoms with van der Waals surface area (Å²) in [4.78, 5) is 39.1. The number of nitrogens with zero attached hydrogens (tertiary/aromatic N) is 1. The number of cyclic esters (lactones) is 2. The Hall–Kier alpha value is -3.93. The molecule has 2 saturated heterocycles. The van der Waals surface area contributed by atoms with Crippen LogP contribution in [0.15, 0.2) is 66.7 Å². The van der Waals surface area contributed by atoms with E-state index in [2.05, 4.69) is 21.9 Å². The molecule has 10 heteroatoms. The zero-order chi connectivity index (χ0) is 30.1. The summed E-state index contributed by atoms with van der Waals surface area (Å²) in [7, 11) is 0. The summed E-state index contributed by atoms with van der Waals surface area (Å²) in [5.41, 5.74) is 3.43. The van der Waals surface area contributed by atoms with Gasteiger partial charge in [-0.2, -0.15) is 0 Å². The van der Waals surface area contributed by atoms with E-state index in [9.17, 15) is 24.6 Å². The van der Waals surface area contributed by atoms with Crippen LogP contribution in [-0.4, -0.2) is 64.8 Å². The molecule has 1 amide bonds. The fraction of sp³-hybridized carbons (Fsp3) is 0.364. The Bertz CT molecular complexity index is 1520. The zero-order valence-electron chi connectivity index (χ0n) is 23.8. The van der Waals surface area contributed by atoms with E-state index in [1.807, 2.05) is 30.3 Å². The lowest BCUT2D eigenvalue weighted by molar-refractivity contribution is -0.276. The smallest absolute Gasteiger partial charge is 0.346 e. The number of nitrogens with one attached hydrogen (secondary N) is 1. The Labute approximate surface area is 249 Å². The van der Waals surface area contributed by atoms with Gasteiger partial charge in [0.2, 0.25) is 0 Å². The number of likely N-dealkylation sites (tertiary alicyclic amines) is 1. The highest BCUT2D eigenvalue weighted by Gasteiger charge is 2.40. The molecule has 0 saturated carbocycles. The first-order chi connectivity index (χ1) is 20.8. The third kappa shape index (κ3) is 5.97. The Kier molecular flexibility index (Phi) is 8.38. The predicted octanol–water partition coefficient (Wildman–Crippen LogP) is 3.99. The molecular formula is C33H34N2O8. The molecule has 3 heterocycles. The lowest BCUT2D eigenvalue weighted by atomic mass is 9.90. The quantitative estimate of drug-likeness (QED) is 0.265. The largest absolute Gasteiger partial charge is 0.395 e. The minimum Gasteiger partial charge on any atom is -0.395 e. The maximum absolute atomic E-state index is 13.1. The minimum atomic E-state index is -0.771. The molecule has 3 aliphatic heterocycles. The molecule has 0 aromatic heterocycles. The second-order valence-electron chi connectivity index (χ2n) is 11.3. The molecule has 43 heavy (non-hydrogen) atoms. The third-order valence-corrected chi connectivity index (χ3v) is 8.57. The molecule has 3 N–H and O–H groups in total. The molecule has 1 unspecified atom stereocenters. The average molecular weight is 587 g/mol. The van der Waals surface area contributed by atoms with Gasteiger partial charge in [-0.3, -0.25) is 9.69 Å². The van der Waals surface area contributed by atoms with Crippen LogP contribution in [0.3, 0.4) is 0 Å². The number of esters is 2. The SMILES string of the molecule is C[C@H]1[C@@H](CN2CCC[C@H]2CO)OC(c2cccc(NC(=O)c3ccc4c(c3)C(=O)OC4=O)c2)O[C@H]1c1ccc(CO)cc1. The number of hydrogen-bond donors (Lipinski definition) is 3. The van der Waals surface area contributed by atoms with E-state index in [4.69, 9.17) is 9.47 Å². The van der Waals surface area contributed by atoms with Gasteiger partial charge in [-0.05, 0) is 60.8 Å². The summed E-state index contributed by atoms with van der Waals surface area (Å²) in [5, 5.41) is 22.3. The lowest BCUT2D eigenvalue weighted by Gasteiger charge is -2.43. The second kappa shape index (κ2) is 12.4. The van der Waals surface area contributed by atoms with Crippen molar-refractivity contribution in [3.63, 3.8) is 0 Å². The minimum absolute atomic E-state index is 0.00237. The summed E-state index contributed by atoms with van der Waals surface area (Å²) < 4.78 is 17.8. The number of carbonyl (C=O) groups is 3. The number of carbonyl (C=O) groups excluding carboxylic acids is 3. The van der Waals surface area contributed by atoms with E-state index in [-0.39, 0.29) is 54.1 Å². The Balaban J connectivity index is 1.24. The van der Waals surface area contributed by atoms with Crippen LogP contribution in [0.5, 0.6) is 0 Å². The molecule has 224 valence electrons. The van der Waals surface area contributed by atoms with Gasteiger partial charge in [0.1, 0.15) is 0 Å². The molecule has 3 aliphatic rings. The normalized spacial score (nSPS) is 25.4. The first kappa shape index (κ1) is 29.2. The maximum Gasteiger partial charge on any atom is 0.346 e. The topological polar surface area (TPSA) is 135 Å². The Morgan fingerprint density at radius 3 is 2.51 bits per heavy atom. The van der Waals surface area contributed by atoms with E-state index in [0.717, 1.165) is 36.1 Å². The van der Waals surface area contributed by atoms with E-state index in [0.29, 0.717) is 12.2 Å². The Morgan fingerprint density at radius 1 is 0.953 bits per heavy atom. The van der Waals surface area contributed by atoms with Gasteiger partial charge in [-0.25, -0.2) is 9.59 Å². The first-order valence-corrected chi connectivity index (χ1v) is 14.5. The summed E-state index contributed by atoms with van der Waals surface area (Å²) in [6.07, 6.45) is 0.769. The molecule has 10 nitrogen and oxygen atoms in total. The van der Waals surface area contributed by atoms with Crippen LogP contribution in [0.25, 0.3) is 0 Å². The molecule has 0 bridgehead atoms. The molecule has 5 atom stereocenters. The molecule has 0 spiro atoms. The summed E-state index contributed by atoms with van der Waals surface area (Å²) >= 11 is 0. The van der Waals surface area contributed by atoms with Crippen LogP contribution in [0.4, 0.5) is 5.69 Å². The highest BCUT2D eigenvalue weighted by atomic mass is 16.7. The van der Waals surface area contributed by atoms with E-state index in [1.54, 1.807) is 18.2 Å². The van der Waals surface area contributed by atoms with E-state index < -0.39 is 24.1 Å². The fourth-order valence-electron chi connectivity index (χ4n) is 6.09. The number of rotatable bonds is 8. The number of anilines is 1. The summed E-state index contributed by atoms with van der Waals surface area (Å²) in [6.45, 7) is 3.72. The molecule has 0 aliphatic carbocycles.